The second-order valence-electron chi connectivity index (χ2n) is 5.51. The van der Waals surface area contributed by atoms with Crippen molar-refractivity contribution >= 4 is 17.9 Å². The molecule has 5 heteroatoms. The monoisotopic (exact) mass is 366 g/mol. The van der Waals surface area contributed by atoms with Crippen molar-refractivity contribution in [3.63, 3.8) is 0 Å². The molecule has 0 aliphatic heterocycles. The Hall–Kier alpha value is -3.47. The van der Waals surface area contributed by atoms with E-state index in [1.807, 2.05) is 30.3 Å². The van der Waals surface area contributed by atoms with Crippen LogP contribution in [0.25, 0.3) is 12.2 Å². The third kappa shape index (κ3) is 5.78. The number of hydrogen-bond acceptors (Lipinski definition) is 5. The third-order valence-electron chi connectivity index (χ3n) is 3.66. The molecule has 1 N–H and O–H groups in total. The number of benzene rings is 2. The molecule has 140 valence electrons. The lowest BCUT2D eigenvalue weighted by molar-refractivity contribution is -0.110. The largest absolute Gasteiger partial charge is 0.508 e. The number of carbonyl (C=O) groups is 1. The van der Waals surface area contributed by atoms with E-state index in [4.69, 9.17) is 14.2 Å². The highest BCUT2D eigenvalue weighted by Crippen LogP contribution is 2.38. The Labute approximate surface area is 158 Å². The second kappa shape index (κ2) is 9.87. The van der Waals surface area contributed by atoms with Crippen LogP contribution in [-0.2, 0) is 4.79 Å². The zero-order valence-corrected chi connectivity index (χ0v) is 15.5. The molecular weight excluding hydrogens is 344 g/mol. The maximum absolute atomic E-state index is 11.9. The maximum atomic E-state index is 11.9. The van der Waals surface area contributed by atoms with Crippen LogP contribution in [0.15, 0.2) is 66.5 Å². The van der Waals surface area contributed by atoms with Crippen molar-refractivity contribution in [3.8, 4) is 17.2 Å². The van der Waals surface area contributed by atoms with Gasteiger partial charge in [0.25, 0.3) is 0 Å². The second-order valence-corrected chi connectivity index (χ2v) is 5.51. The Balaban J connectivity index is 2.13. The van der Waals surface area contributed by atoms with Gasteiger partial charge in [-0.05, 0) is 35.4 Å². The van der Waals surface area contributed by atoms with Crippen LogP contribution in [0.2, 0.25) is 0 Å². The lowest BCUT2D eigenvalue weighted by Gasteiger charge is -2.12. The first-order chi connectivity index (χ1) is 13.1. The average molecular weight is 366 g/mol. The molecule has 0 amide bonds. The molecule has 0 aliphatic rings. The van der Waals surface area contributed by atoms with E-state index in [1.54, 1.807) is 24.3 Å². The van der Waals surface area contributed by atoms with Crippen molar-refractivity contribution in [3.05, 3.63) is 77.6 Å². The number of allylic oxidation sites excluding steroid dienone is 3. The Morgan fingerprint density at radius 3 is 2.00 bits per heavy atom. The van der Waals surface area contributed by atoms with Gasteiger partial charge in [-0.15, -0.1) is 0 Å². The summed E-state index contributed by atoms with van der Waals surface area (Å²) in [6.07, 6.45) is 7.31. The molecule has 5 nitrogen and oxygen atoms in total. The lowest BCUT2D eigenvalue weighted by Crippen LogP contribution is -1.95. The summed E-state index contributed by atoms with van der Waals surface area (Å²) in [5.74, 6) is 1.01. The Morgan fingerprint density at radius 1 is 0.852 bits per heavy atom. The number of ether oxygens (including phenoxy) is 3. The summed E-state index contributed by atoms with van der Waals surface area (Å²) >= 11 is 0. The van der Waals surface area contributed by atoms with Gasteiger partial charge in [-0.2, -0.15) is 0 Å². The maximum Gasteiger partial charge on any atom is 0.203 e. The molecule has 0 aromatic heterocycles. The molecule has 0 unspecified atom stereocenters. The fourth-order valence-electron chi connectivity index (χ4n) is 2.36. The standard InChI is InChI=1S/C22H22O5/c1-25-20-13-17(14-21(26-2)22(20)27-3)10-12-19(24)15-18(23)11-9-16-7-5-4-6-8-16/h4-15,24H,1-3H3/b11-9+,12-10+,19-15-. The van der Waals surface area contributed by atoms with Crippen LogP contribution < -0.4 is 14.2 Å². The van der Waals surface area contributed by atoms with Crippen molar-refractivity contribution in [1.82, 2.24) is 0 Å². The van der Waals surface area contributed by atoms with Crippen molar-refractivity contribution in [2.24, 2.45) is 0 Å². The minimum Gasteiger partial charge on any atom is -0.508 e. The molecule has 2 rings (SSSR count). The van der Waals surface area contributed by atoms with E-state index in [0.717, 1.165) is 17.2 Å². The van der Waals surface area contributed by atoms with Gasteiger partial charge in [0.05, 0.1) is 21.3 Å². The molecule has 0 radical (unpaired) electrons. The van der Waals surface area contributed by atoms with Gasteiger partial charge in [-0.1, -0.05) is 42.5 Å². The summed E-state index contributed by atoms with van der Waals surface area (Å²) in [5.41, 5.74) is 1.63. The molecule has 0 fully saturated rings. The number of rotatable bonds is 8. The number of hydrogen-bond donors (Lipinski definition) is 1. The normalized spacial score (nSPS) is 11.7. The van der Waals surface area contributed by atoms with Gasteiger partial charge in [0.15, 0.2) is 17.3 Å². The predicted octanol–water partition coefficient (Wildman–Crippen LogP) is 4.45. The smallest absolute Gasteiger partial charge is 0.203 e. The summed E-state index contributed by atoms with van der Waals surface area (Å²) in [4.78, 5) is 11.9. The lowest BCUT2D eigenvalue weighted by atomic mass is 10.1. The Morgan fingerprint density at radius 2 is 1.44 bits per heavy atom. The molecule has 0 spiro atoms. The van der Waals surface area contributed by atoms with Crippen LogP contribution in [-0.4, -0.2) is 32.2 Å². The number of ketones is 1. The highest BCUT2D eigenvalue weighted by Gasteiger charge is 2.11. The minimum atomic E-state index is -0.314. The molecule has 2 aromatic carbocycles. The zero-order chi connectivity index (χ0) is 19.6. The fourth-order valence-corrected chi connectivity index (χ4v) is 2.36. The molecule has 0 bridgehead atoms. The zero-order valence-electron chi connectivity index (χ0n) is 15.5. The molecule has 27 heavy (non-hydrogen) atoms. The van der Waals surface area contributed by atoms with E-state index in [-0.39, 0.29) is 11.5 Å². The van der Waals surface area contributed by atoms with Crippen LogP contribution in [0.1, 0.15) is 11.1 Å². The van der Waals surface area contributed by atoms with E-state index in [1.165, 1.54) is 33.5 Å². The molecule has 2 aromatic rings. The Bertz CT molecular complexity index is 839. The SMILES string of the molecule is COc1cc(/C=C/C(O)=C/C(=O)/C=C/c2ccccc2)cc(OC)c1OC. The highest BCUT2D eigenvalue weighted by atomic mass is 16.5. The first kappa shape index (κ1) is 19.8. The van der Waals surface area contributed by atoms with Crippen LogP contribution in [0.4, 0.5) is 0 Å². The van der Waals surface area contributed by atoms with Crippen LogP contribution in [0, 0.1) is 0 Å². The van der Waals surface area contributed by atoms with Gasteiger partial charge in [0, 0.05) is 6.08 Å². The minimum absolute atomic E-state index is 0.161. The highest BCUT2D eigenvalue weighted by molar-refractivity contribution is 6.02. The van der Waals surface area contributed by atoms with E-state index < -0.39 is 0 Å². The number of aliphatic hydroxyl groups is 1. The number of carbonyl (C=O) groups excluding carboxylic acids is 1. The van der Waals surface area contributed by atoms with Gasteiger partial charge in [-0.3, -0.25) is 4.79 Å². The number of methoxy groups -OCH3 is 3. The van der Waals surface area contributed by atoms with Crippen LogP contribution in [0.5, 0.6) is 17.2 Å². The molecule has 0 aliphatic carbocycles. The molecule has 0 heterocycles. The molecule has 0 atom stereocenters. The number of aliphatic hydroxyl groups excluding tert-OH is 1. The first-order valence-electron chi connectivity index (χ1n) is 8.23. The topological polar surface area (TPSA) is 65.0 Å². The summed E-state index contributed by atoms with van der Waals surface area (Å²) < 4.78 is 15.8. The van der Waals surface area contributed by atoms with Gasteiger partial charge < -0.3 is 19.3 Å². The van der Waals surface area contributed by atoms with Crippen molar-refractivity contribution in [2.45, 2.75) is 0 Å². The fraction of sp³-hybridized carbons (Fsp3) is 0.136. The van der Waals surface area contributed by atoms with Crippen LogP contribution >= 0.6 is 0 Å². The third-order valence-corrected chi connectivity index (χ3v) is 3.66. The van der Waals surface area contributed by atoms with Crippen LogP contribution in [0.3, 0.4) is 0 Å². The van der Waals surface area contributed by atoms with Crippen molar-refractivity contribution in [2.75, 3.05) is 21.3 Å². The van der Waals surface area contributed by atoms with E-state index in [9.17, 15) is 9.90 Å². The summed E-state index contributed by atoms with van der Waals surface area (Å²) in [7, 11) is 4.58. The average Bonchev–Trinajstić information content (AvgIpc) is 2.70. The summed E-state index contributed by atoms with van der Waals surface area (Å²) in [6.45, 7) is 0. The van der Waals surface area contributed by atoms with E-state index in [2.05, 4.69) is 0 Å². The van der Waals surface area contributed by atoms with Gasteiger partial charge in [0.2, 0.25) is 5.75 Å². The van der Waals surface area contributed by atoms with E-state index in [0.29, 0.717) is 17.2 Å². The molecule has 0 saturated carbocycles. The van der Waals surface area contributed by atoms with Gasteiger partial charge in [-0.25, -0.2) is 0 Å². The van der Waals surface area contributed by atoms with Gasteiger partial charge in [0.1, 0.15) is 5.76 Å². The Kier molecular flexibility index (Phi) is 7.26. The van der Waals surface area contributed by atoms with Crippen molar-refractivity contribution in [1.29, 1.82) is 0 Å². The van der Waals surface area contributed by atoms with E-state index >= 15 is 0 Å². The predicted molar refractivity (Wildman–Crippen MR) is 106 cm³/mol. The first-order valence-corrected chi connectivity index (χ1v) is 8.23. The molecule has 0 saturated heterocycles. The summed E-state index contributed by atoms with van der Waals surface area (Å²) in [6, 6.07) is 12.9. The van der Waals surface area contributed by atoms with Crippen molar-refractivity contribution < 1.29 is 24.1 Å². The quantitative estimate of drug-likeness (QED) is 0.425. The summed E-state index contributed by atoms with van der Waals surface area (Å²) in [5, 5.41) is 9.96. The molecular formula is C22H22O5. The van der Waals surface area contributed by atoms with Gasteiger partial charge >= 0.3 is 0 Å².